The SMILES string of the molecule is CCNC(C)Cc1ccc(OCC(C)CO)cc1. The van der Waals surface area contributed by atoms with Gasteiger partial charge >= 0.3 is 0 Å². The van der Waals surface area contributed by atoms with Crippen molar-refractivity contribution in [2.75, 3.05) is 19.8 Å². The summed E-state index contributed by atoms with van der Waals surface area (Å²) in [6.07, 6.45) is 1.03. The van der Waals surface area contributed by atoms with Crippen LogP contribution in [0.25, 0.3) is 0 Å². The maximum Gasteiger partial charge on any atom is 0.119 e. The van der Waals surface area contributed by atoms with Crippen LogP contribution in [0.15, 0.2) is 24.3 Å². The summed E-state index contributed by atoms with van der Waals surface area (Å²) < 4.78 is 5.59. The Kier molecular flexibility index (Phi) is 6.76. The maximum atomic E-state index is 8.92. The van der Waals surface area contributed by atoms with Crippen LogP contribution in [-0.4, -0.2) is 30.9 Å². The molecule has 0 heterocycles. The fourth-order valence-electron chi connectivity index (χ4n) is 1.79. The second-order valence-corrected chi connectivity index (χ2v) is 4.91. The van der Waals surface area contributed by atoms with Crippen LogP contribution in [0.5, 0.6) is 5.75 Å². The number of aliphatic hydroxyl groups is 1. The highest BCUT2D eigenvalue weighted by Crippen LogP contribution is 2.14. The van der Waals surface area contributed by atoms with E-state index in [2.05, 4.69) is 31.3 Å². The van der Waals surface area contributed by atoms with E-state index in [0.717, 1.165) is 18.7 Å². The van der Waals surface area contributed by atoms with Gasteiger partial charge in [-0.1, -0.05) is 26.0 Å². The molecule has 2 atom stereocenters. The van der Waals surface area contributed by atoms with Gasteiger partial charge in [0.2, 0.25) is 0 Å². The second kappa shape index (κ2) is 8.11. The number of hydrogen-bond acceptors (Lipinski definition) is 3. The average Bonchev–Trinajstić information content (AvgIpc) is 2.37. The van der Waals surface area contributed by atoms with E-state index in [9.17, 15) is 0 Å². The lowest BCUT2D eigenvalue weighted by molar-refractivity contribution is 0.174. The van der Waals surface area contributed by atoms with Crippen molar-refractivity contribution in [1.82, 2.24) is 5.32 Å². The van der Waals surface area contributed by atoms with Crippen molar-refractivity contribution >= 4 is 0 Å². The van der Waals surface area contributed by atoms with E-state index in [-0.39, 0.29) is 12.5 Å². The fourth-order valence-corrected chi connectivity index (χ4v) is 1.79. The Balaban J connectivity index is 2.42. The minimum atomic E-state index is 0.165. The molecule has 0 aliphatic carbocycles. The molecule has 0 amide bonds. The number of nitrogens with one attached hydrogen (secondary N) is 1. The standard InChI is InChI=1S/C15H25NO2/c1-4-16-13(3)9-14-5-7-15(8-6-14)18-11-12(2)10-17/h5-8,12-13,16-17H,4,9-11H2,1-3H3. The van der Waals surface area contributed by atoms with Crippen LogP contribution in [-0.2, 0) is 6.42 Å². The van der Waals surface area contributed by atoms with Gasteiger partial charge in [-0.25, -0.2) is 0 Å². The van der Waals surface area contributed by atoms with Crippen LogP contribution >= 0.6 is 0 Å². The lowest BCUT2D eigenvalue weighted by Crippen LogP contribution is -2.27. The molecule has 3 nitrogen and oxygen atoms in total. The van der Waals surface area contributed by atoms with Crippen LogP contribution in [0.1, 0.15) is 26.3 Å². The van der Waals surface area contributed by atoms with Crippen molar-refractivity contribution < 1.29 is 9.84 Å². The molecule has 0 fully saturated rings. The minimum Gasteiger partial charge on any atom is -0.493 e. The molecule has 18 heavy (non-hydrogen) atoms. The predicted octanol–water partition coefficient (Wildman–Crippen LogP) is 2.23. The first kappa shape index (κ1) is 15.0. The summed E-state index contributed by atoms with van der Waals surface area (Å²) in [4.78, 5) is 0. The summed E-state index contributed by atoms with van der Waals surface area (Å²) in [7, 11) is 0. The van der Waals surface area contributed by atoms with Crippen LogP contribution in [0, 0.1) is 5.92 Å². The summed E-state index contributed by atoms with van der Waals surface area (Å²) in [5, 5.41) is 12.3. The van der Waals surface area contributed by atoms with E-state index in [0.29, 0.717) is 12.6 Å². The summed E-state index contributed by atoms with van der Waals surface area (Å²) in [5.74, 6) is 1.05. The third kappa shape index (κ3) is 5.52. The molecule has 0 aromatic heterocycles. The fraction of sp³-hybridized carbons (Fsp3) is 0.600. The zero-order valence-corrected chi connectivity index (χ0v) is 11.6. The van der Waals surface area contributed by atoms with Gasteiger partial charge in [0.05, 0.1) is 6.61 Å². The molecular weight excluding hydrogens is 226 g/mol. The quantitative estimate of drug-likeness (QED) is 0.744. The Hall–Kier alpha value is -1.06. The molecule has 0 radical (unpaired) electrons. The van der Waals surface area contributed by atoms with Crippen LogP contribution in [0.3, 0.4) is 0 Å². The summed E-state index contributed by atoms with van der Waals surface area (Å²) in [5.41, 5.74) is 1.31. The molecule has 1 aromatic rings. The number of likely N-dealkylation sites (N-methyl/N-ethyl adjacent to an activating group) is 1. The Morgan fingerprint density at radius 3 is 2.44 bits per heavy atom. The number of rotatable bonds is 8. The van der Waals surface area contributed by atoms with Gasteiger partial charge in [0, 0.05) is 18.6 Å². The average molecular weight is 251 g/mol. The lowest BCUT2D eigenvalue weighted by atomic mass is 10.1. The Bertz CT molecular complexity index is 324. The number of benzene rings is 1. The summed E-state index contributed by atoms with van der Waals surface area (Å²) in [6, 6.07) is 8.70. The molecule has 0 aliphatic heterocycles. The summed E-state index contributed by atoms with van der Waals surface area (Å²) in [6.45, 7) is 8.00. The van der Waals surface area contributed by atoms with E-state index in [1.165, 1.54) is 5.56 Å². The molecule has 0 spiro atoms. The Labute approximate surface area is 110 Å². The third-order valence-electron chi connectivity index (χ3n) is 2.86. The molecule has 0 saturated heterocycles. The van der Waals surface area contributed by atoms with Gasteiger partial charge in [0.1, 0.15) is 5.75 Å². The maximum absolute atomic E-state index is 8.92. The largest absolute Gasteiger partial charge is 0.493 e. The topological polar surface area (TPSA) is 41.5 Å². The van der Waals surface area contributed by atoms with Gasteiger partial charge in [-0.3, -0.25) is 0 Å². The van der Waals surface area contributed by atoms with E-state index >= 15 is 0 Å². The lowest BCUT2D eigenvalue weighted by Gasteiger charge is -2.13. The van der Waals surface area contributed by atoms with Crippen LogP contribution in [0.2, 0.25) is 0 Å². The van der Waals surface area contributed by atoms with Crippen molar-refractivity contribution in [3.05, 3.63) is 29.8 Å². The smallest absolute Gasteiger partial charge is 0.119 e. The third-order valence-corrected chi connectivity index (χ3v) is 2.86. The van der Waals surface area contributed by atoms with E-state index in [4.69, 9.17) is 9.84 Å². The van der Waals surface area contributed by atoms with Gasteiger partial charge in [-0.05, 0) is 37.6 Å². The molecule has 2 unspecified atom stereocenters. The van der Waals surface area contributed by atoms with Gasteiger partial charge in [-0.2, -0.15) is 0 Å². The number of aliphatic hydroxyl groups excluding tert-OH is 1. The molecule has 1 aromatic carbocycles. The highest BCUT2D eigenvalue weighted by Gasteiger charge is 2.03. The molecule has 102 valence electrons. The van der Waals surface area contributed by atoms with Crippen molar-refractivity contribution in [3.8, 4) is 5.75 Å². The highest BCUT2D eigenvalue weighted by atomic mass is 16.5. The normalized spacial score (nSPS) is 14.2. The van der Waals surface area contributed by atoms with Crippen LogP contribution < -0.4 is 10.1 Å². The van der Waals surface area contributed by atoms with Gasteiger partial charge in [0.15, 0.2) is 0 Å². The Morgan fingerprint density at radius 1 is 1.22 bits per heavy atom. The predicted molar refractivity (Wildman–Crippen MR) is 75.0 cm³/mol. The molecule has 3 heteroatoms. The molecule has 0 aliphatic rings. The number of ether oxygens (including phenoxy) is 1. The molecule has 0 bridgehead atoms. The Morgan fingerprint density at radius 2 is 1.89 bits per heavy atom. The van der Waals surface area contributed by atoms with E-state index < -0.39 is 0 Å². The second-order valence-electron chi connectivity index (χ2n) is 4.91. The first-order valence-electron chi connectivity index (χ1n) is 6.71. The van der Waals surface area contributed by atoms with Crippen LogP contribution in [0.4, 0.5) is 0 Å². The van der Waals surface area contributed by atoms with Gasteiger partial charge < -0.3 is 15.2 Å². The summed E-state index contributed by atoms with van der Waals surface area (Å²) >= 11 is 0. The van der Waals surface area contributed by atoms with Crippen molar-refractivity contribution in [2.24, 2.45) is 5.92 Å². The van der Waals surface area contributed by atoms with Crippen molar-refractivity contribution in [1.29, 1.82) is 0 Å². The monoisotopic (exact) mass is 251 g/mol. The first-order chi connectivity index (χ1) is 8.65. The van der Waals surface area contributed by atoms with Gasteiger partial charge in [-0.15, -0.1) is 0 Å². The highest BCUT2D eigenvalue weighted by molar-refractivity contribution is 5.27. The molecule has 1 rings (SSSR count). The van der Waals surface area contributed by atoms with Gasteiger partial charge in [0.25, 0.3) is 0 Å². The zero-order valence-electron chi connectivity index (χ0n) is 11.6. The molecule has 2 N–H and O–H groups in total. The van der Waals surface area contributed by atoms with E-state index in [1.54, 1.807) is 0 Å². The molecular formula is C15H25NO2. The van der Waals surface area contributed by atoms with Crippen molar-refractivity contribution in [2.45, 2.75) is 33.2 Å². The van der Waals surface area contributed by atoms with Crippen molar-refractivity contribution in [3.63, 3.8) is 0 Å². The first-order valence-corrected chi connectivity index (χ1v) is 6.71. The number of hydrogen-bond donors (Lipinski definition) is 2. The molecule has 0 saturated carbocycles. The zero-order chi connectivity index (χ0) is 13.4. The minimum absolute atomic E-state index is 0.165. The van der Waals surface area contributed by atoms with E-state index in [1.807, 2.05) is 19.1 Å².